The molecule has 0 radical (unpaired) electrons. The van der Waals surface area contributed by atoms with Crippen LogP contribution in [0.2, 0.25) is 0 Å². The lowest BCUT2D eigenvalue weighted by Crippen LogP contribution is -2.33. The normalized spacial score (nSPS) is 16.5. The summed E-state index contributed by atoms with van der Waals surface area (Å²) in [4.78, 5) is 36.2. The molecule has 1 unspecified atom stereocenters. The topological polar surface area (TPSA) is 108 Å². The third-order valence-corrected chi connectivity index (χ3v) is 4.40. The van der Waals surface area contributed by atoms with Gasteiger partial charge < -0.3 is 14.8 Å². The summed E-state index contributed by atoms with van der Waals surface area (Å²) in [7, 11) is 0. The fourth-order valence-electron chi connectivity index (χ4n) is 3.26. The number of carbonyl (C=O) groups is 2. The highest BCUT2D eigenvalue weighted by Gasteiger charge is 2.38. The van der Waals surface area contributed by atoms with Gasteiger partial charge in [-0.3, -0.25) is 10.1 Å². The summed E-state index contributed by atoms with van der Waals surface area (Å²) in [5.74, 6) is -1.98. The summed E-state index contributed by atoms with van der Waals surface area (Å²) in [5, 5.41) is 14.3. The maximum Gasteiger partial charge on any atom is 0.336 e. The Balaban J connectivity index is 2.73. The number of dihydropyridines is 1. The molecule has 1 N–H and O–H groups in total. The number of nitro groups is 1. The van der Waals surface area contributed by atoms with Gasteiger partial charge in [-0.05, 0) is 32.8 Å². The predicted octanol–water partition coefficient (Wildman–Crippen LogP) is 3.35. The van der Waals surface area contributed by atoms with Crippen LogP contribution in [0.15, 0.2) is 46.8 Å². The second-order valence-corrected chi connectivity index (χ2v) is 6.14. The van der Waals surface area contributed by atoms with Gasteiger partial charge in [0.2, 0.25) is 0 Å². The second-order valence-electron chi connectivity index (χ2n) is 6.14. The molecule has 0 spiro atoms. The number of allylic oxidation sites excluding steroid dienone is 2. The molecule has 8 heteroatoms. The van der Waals surface area contributed by atoms with Crippen molar-refractivity contribution in [2.75, 3.05) is 13.2 Å². The van der Waals surface area contributed by atoms with Crippen LogP contribution >= 0.6 is 0 Å². The molecule has 1 aromatic carbocycles. The Morgan fingerprint density at radius 3 is 2.25 bits per heavy atom. The summed E-state index contributed by atoms with van der Waals surface area (Å²) in [6.45, 7) is 7.29. The van der Waals surface area contributed by atoms with Crippen molar-refractivity contribution < 1.29 is 24.0 Å². The van der Waals surface area contributed by atoms with Crippen molar-refractivity contribution in [3.63, 3.8) is 0 Å². The number of hydrogen-bond acceptors (Lipinski definition) is 7. The Labute approximate surface area is 163 Å². The van der Waals surface area contributed by atoms with Crippen molar-refractivity contribution in [2.45, 2.75) is 40.0 Å². The molecule has 2 rings (SSSR count). The van der Waals surface area contributed by atoms with E-state index in [-0.39, 0.29) is 30.0 Å². The number of esters is 2. The molecule has 0 fully saturated rings. The zero-order valence-electron chi connectivity index (χ0n) is 16.4. The average molecular weight is 388 g/mol. The molecular formula is C20H24N2O6. The molecule has 0 aliphatic carbocycles. The first-order chi connectivity index (χ1) is 13.3. The Morgan fingerprint density at radius 2 is 1.71 bits per heavy atom. The van der Waals surface area contributed by atoms with E-state index in [0.29, 0.717) is 23.4 Å². The molecule has 1 aliphatic heterocycles. The summed E-state index contributed by atoms with van der Waals surface area (Å²) in [6.07, 6.45) is 0.493. The van der Waals surface area contributed by atoms with E-state index in [1.54, 1.807) is 26.8 Å². The predicted molar refractivity (Wildman–Crippen MR) is 102 cm³/mol. The number of hydrogen-bond donors (Lipinski definition) is 1. The summed E-state index contributed by atoms with van der Waals surface area (Å²) >= 11 is 0. The maximum atomic E-state index is 12.8. The maximum absolute atomic E-state index is 12.8. The number of nitro benzene ring substituents is 1. The fraction of sp³-hybridized carbons (Fsp3) is 0.400. The van der Waals surface area contributed by atoms with Gasteiger partial charge in [0.05, 0.1) is 35.2 Å². The third kappa shape index (κ3) is 4.21. The molecule has 1 aliphatic rings. The Hall–Kier alpha value is -3.16. The summed E-state index contributed by atoms with van der Waals surface area (Å²) < 4.78 is 10.4. The van der Waals surface area contributed by atoms with E-state index < -0.39 is 22.8 Å². The zero-order chi connectivity index (χ0) is 20.8. The van der Waals surface area contributed by atoms with Crippen LogP contribution in [0.25, 0.3) is 0 Å². The van der Waals surface area contributed by atoms with E-state index in [1.807, 2.05) is 6.92 Å². The van der Waals surface area contributed by atoms with E-state index in [9.17, 15) is 19.7 Å². The first-order valence-electron chi connectivity index (χ1n) is 9.14. The van der Waals surface area contributed by atoms with Crippen LogP contribution in [0.3, 0.4) is 0 Å². The minimum absolute atomic E-state index is 0.127. The second kappa shape index (κ2) is 9.16. The molecule has 1 heterocycles. The Morgan fingerprint density at radius 1 is 1.11 bits per heavy atom. The molecule has 8 nitrogen and oxygen atoms in total. The number of carbonyl (C=O) groups excluding carboxylic acids is 2. The standard InChI is InChI=1S/C20H24N2O6/c1-5-15-18(20(24)28-7-3)17(13-9-8-10-14(11-13)22(25)26)16(12(4)21-15)19(23)27-6-2/h8-11,17,21H,5-7H2,1-4H3. The molecular weight excluding hydrogens is 364 g/mol. The molecule has 0 saturated heterocycles. The van der Waals surface area contributed by atoms with E-state index in [4.69, 9.17) is 9.47 Å². The van der Waals surface area contributed by atoms with Crippen LogP contribution in [0.4, 0.5) is 5.69 Å². The van der Waals surface area contributed by atoms with E-state index in [0.717, 1.165) is 0 Å². The summed E-state index contributed by atoms with van der Waals surface area (Å²) in [5.41, 5.74) is 1.98. The van der Waals surface area contributed by atoms with Gasteiger partial charge in [0, 0.05) is 23.5 Å². The van der Waals surface area contributed by atoms with Crippen molar-refractivity contribution in [1.82, 2.24) is 5.32 Å². The van der Waals surface area contributed by atoms with Crippen molar-refractivity contribution in [3.05, 3.63) is 62.5 Å². The smallest absolute Gasteiger partial charge is 0.336 e. The Kier molecular flexibility index (Phi) is 6.92. The SMILES string of the molecule is CCOC(=O)C1=C(C)NC(CC)=C(C(=O)OCC)C1c1cccc([N+](=O)[O-])c1. The quantitative estimate of drug-likeness (QED) is 0.433. The highest BCUT2D eigenvalue weighted by Crippen LogP contribution is 2.40. The van der Waals surface area contributed by atoms with Gasteiger partial charge in [-0.2, -0.15) is 0 Å². The number of non-ortho nitro benzene ring substituents is 1. The van der Waals surface area contributed by atoms with Crippen molar-refractivity contribution in [3.8, 4) is 0 Å². The van der Waals surface area contributed by atoms with E-state index in [2.05, 4.69) is 5.32 Å². The summed E-state index contributed by atoms with van der Waals surface area (Å²) in [6, 6.07) is 5.92. The lowest BCUT2D eigenvalue weighted by atomic mass is 9.79. The zero-order valence-corrected chi connectivity index (χ0v) is 16.4. The van der Waals surface area contributed by atoms with Gasteiger partial charge in [-0.1, -0.05) is 19.1 Å². The molecule has 0 saturated carbocycles. The fourth-order valence-corrected chi connectivity index (χ4v) is 3.26. The number of ether oxygens (including phenoxy) is 2. The van der Waals surface area contributed by atoms with Gasteiger partial charge in [-0.25, -0.2) is 9.59 Å². The Bertz CT molecular complexity index is 856. The molecule has 150 valence electrons. The van der Waals surface area contributed by atoms with Crippen LogP contribution < -0.4 is 5.32 Å². The number of nitrogens with one attached hydrogen (secondary N) is 1. The van der Waals surface area contributed by atoms with Crippen LogP contribution in [-0.2, 0) is 19.1 Å². The minimum atomic E-state index is -0.825. The van der Waals surface area contributed by atoms with Crippen LogP contribution in [-0.4, -0.2) is 30.1 Å². The van der Waals surface area contributed by atoms with Gasteiger partial charge in [-0.15, -0.1) is 0 Å². The molecule has 0 amide bonds. The number of benzene rings is 1. The van der Waals surface area contributed by atoms with E-state index >= 15 is 0 Å². The molecule has 28 heavy (non-hydrogen) atoms. The lowest BCUT2D eigenvalue weighted by molar-refractivity contribution is -0.384. The van der Waals surface area contributed by atoms with Crippen molar-refractivity contribution in [1.29, 1.82) is 0 Å². The largest absolute Gasteiger partial charge is 0.463 e. The molecule has 0 aromatic heterocycles. The lowest BCUT2D eigenvalue weighted by Gasteiger charge is -2.31. The van der Waals surface area contributed by atoms with Crippen LogP contribution in [0.5, 0.6) is 0 Å². The first-order valence-corrected chi connectivity index (χ1v) is 9.14. The molecule has 1 aromatic rings. The van der Waals surface area contributed by atoms with Gasteiger partial charge >= 0.3 is 11.9 Å². The first kappa shape index (κ1) is 21.1. The monoisotopic (exact) mass is 388 g/mol. The average Bonchev–Trinajstić information content (AvgIpc) is 2.67. The van der Waals surface area contributed by atoms with E-state index in [1.165, 1.54) is 18.2 Å². The minimum Gasteiger partial charge on any atom is -0.463 e. The molecule has 1 atom stereocenters. The number of nitrogens with zero attached hydrogens (tertiary/aromatic N) is 1. The van der Waals surface area contributed by atoms with Crippen molar-refractivity contribution in [2.24, 2.45) is 0 Å². The van der Waals surface area contributed by atoms with Crippen molar-refractivity contribution >= 4 is 17.6 Å². The van der Waals surface area contributed by atoms with Crippen LogP contribution in [0.1, 0.15) is 45.6 Å². The van der Waals surface area contributed by atoms with Gasteiger partial charge in [0.25, 0.3) is 5.69 Å². The molecule has 0 bridgehead atoms. The van der Waals surface area contributed by atoms with Crippen LogP contribution in [0, 0.1) is 10.1 Å². The van der Waals surface area contributed by atoms with Gasteiger partial charge in [0.1, 0.15) is 0 Å². The highest BCUT2D eigenvalue weighted by atomic mass is 16.6. The van der Waals surface area contributed by atoms with Gasteiger partial charge in [0.15, 0.2) is 0 Å². The number of rotatable bonds is 7. The highest BCUT2D eigenvalue weighted by molar-refractivity contribution is 6.00. The third-order valence-electron chi connectivity index (χ3n) is 4.40.